The van der Waals surface area contributed by atoms with Gasteiger partial charge in [0.2, 0.25) is 0 Å². The second kappa shape index (κ2) is 6.19. The number of halogens is 1. The average Bonchev–Trinajstić information content (AvgIpc) is 2.35. The van der Waals surface area contributed by atoms with Gasteiger partial charge in [0.25, 0.3) is 5.91 Å². The van der Waals surface area contributed by atoms with Gasteiger partial charge in [-0.3, -0.25) is 4.79 Å². The molecule has 0 radical (unpaired) electrons. The molecule has 0 saturated heterocycles. The molecule has 0 unspecified atom stereocenters. The molecule has 0 spiro atoms. The van der Waals surface area contributed by atoms with Crippen molar-refractivity contribution in [2.75, 3.05) is 13.1 Å². The predicted molar refractivity (Wildman–Crippen MR) is 66.4 cm³/mol. The van der Waals surface area contributed by atoms with Crippen molar-refractivity contribution >= 4 is 17.5 Å². The summed E-state index contributed by atoms with van der Waals surface area (Å²) in [5.74, 6) is 2.83. The van der Waals surface area contributed by atoms with Gasteiger partial charge in [-0.15, -0.1) is 18.0 Å². The van der Waals surface area contributed by atoms with Crippen molar-refractivity contribution in [2.45, 2.75) is 12.8 Å². The first-order chi connectivity index (χ1) is 7.72. The molecule has 0 aromatic heterocycles. The van der Waals surface area contributed by atoms with Crippen LogP contribution in [0.4, 0.5) is 0 Å². The zero-order chi connectivity index (χ0) is 12.0. The number of carbonyl (C=O) groups excluding carboxylic acids is 1. The molecule has 0 aliphatic heterocycles. The van der Waals surface area contributed by atoms with Crippen molar-refractivity contribution in [1.29, 1.82) is 0 Å². The van der Waals surface area contributed by atoms with Crippen LogP contribution >= 0.6 is 11.6 Å². The lowest BCUT2D eigenvalue weighted by Gasteiger charge is -2.18. The standard InChI is InChI=1S/C13H14ClNO/c1-3-8-15(4-2)13(16)12-7-5-6-11(9-12)10-14/h1,5-7,9H,4,8,10H2,2H3. The fraction of sp³-hybridized carbons (Fsp3) is 0.308. The summed E-state index contributed by atoms with van der Waals surface area (Å²) in [4.78, 5) is 13.6. The van der Waals surface area contributed by atoms with Crippen LogP contribution in [0.15, 0.2) is 24.3 Å². The largest absolute Gasteiger partial charge is 0.328 e. The molecule has 84 valence electrons. The summed E-state index contributed by atoms with van der Waals surface area (Å²) < 4.78 is 0. The normalized spacial score (nSPS) is 9.56. The molecule has 2 nitrogen and oxygen atoms in total. The number of amides is 1. The number of carbonyl (C=O) groups is 1. The molecular formula is C13H14ClNO. The summed E-state index contributed by atoms with van der Waals surface area (Å²) in [7, 11) is 0. The molecule has 3 heteroatoms. The SMILES string of the molecule is C#CCN(CC)C(=O)c1cccc(CCl)c1. The minimum absolute atomic E-state index is 0.0487. The molecule has 0 bridgehead atoms. The fourth-order valence-electron chi connectivity index (χ4n) is 1.41. The Labute approximate surface area is 101 Å². The Bertz CT molecular complexity index is 409. The Balaban J connectivity index is 2.90. The van der Waals surface area contributed by atoms with Crippen LogP contribution in [-0.2, 0) is 5.88 Å². The van der Waals surface area contributed by atoms with Crippen molar-refractivity contribution in [3.8, 4) is 12.3 Å². The highest BCUT2D eigenvalue weighted by molar-refractivity contribution is 6.17. The smallest absolute Gasteiger partial charge is 0.254 e. The van der Waals surface area contributed by atoms with Gasteiger partial charge in [-0.05, 0) is 24.6 Å². The number of rotatable bonds is 4. The lowest BCUT2D eigenvalue weighted by atomic mass is 10.1. The van der Waals surface area contributed by atoms with E-state index < -0.39 is 0 Å². The Morgan fingerprint density at radius 1 is 1.56 bits per heavy atom. The maximum Gasteiger partial charge on any atom is 0.254 e. The first-order valence-electron chi connectivity index (χ1n) is 5.10. The molecule has 16 heavy (non-hydrogen) atoms. The lowest BCUT2D eigenvalue weighted by molar-refractivity contribution is 0.0785. The van der Waals surface area contributed by atoms with E-state index in [1.165, 1.54) is 0 Å². The molecule has 0 atom stereocenters. The summed E-state index contributed by atoms with van der Waals surface area (Å²) in [6, 6.07) is 7.29. The summed E-state index contributed by atoms with van der Waals surface area (Å²) >= 11 is 5.72. The van der Waals surface area contributed by atoms with Gasteiger partial charge in [-0.1, -0.05) is 18.1 Å². The van der Waals surface area contributed by atoms with E-state index in [0.29, 0.717) is 24.5 Å². The maximum absolute atomic E-state index is 12.0. The van der Waals surface area contributed by atoms with Crippen molar-refractivity contribution in [3.63, 3.8) is 0 Å². The predicted octanol–water partition coefficient (Wildman–Crippen LogP) is 2.52. The lowest BCUT2D eigenvalue weighted by Crippen LogP contribution is -2.31. The molecule has 0 fully saturated rings. The van der Waals surface area contributed by atoms with Crippen molar-refractivity contribution in [1.82, 2.24) is 4.90 Å². The van der Waals surface area contributed by atoms with E-state index in [1.54, 1.807) is 17.0 Å². The minimum atomic E-state index is -0.0487. The number of benzene rings is 1. The zero-order valence-corrected chi connectivity index (χ0v) is 10.00. The third-order valence-corrected chi connectivity index (χ3v) is 2.59. The molecule has 1 aromatic rings. The van der Waals surface area contributed by atoms with Gasteiger partial charge < -0.3 is 4.90 Å². The van der Waals surface area contributed by atoms with E-state index in [9.17, 15) is 4.79 Å². The van der Waals surface area contributed by atoms with Crippen molar-refractivity contribution in [3.05, 3.63) is 35.4 Å². The molecule has 1 amide bonds. The number of hydrogen-bond acceptors (Lipinski definition) is 1. The quantitative estimate of drug-likeness (QED) is 0.580. The first-order valence-corrected chi connectivity index (χ1v) is 5.64. The van der Waals surface area contributed by atoms with Crippen LogP contribution in [0.2, 0.25) is 0 Å². The number of alkyl halides is 1. The van der Waals surface area contributed by atoms with Gasteiger partial charge in [-0.2, -0.15) is 0 Å². The third-order valence-electron chi connectivity index (χ3n) is 2.28. The van der Waals surface area contributed by atoms with Gasteiger partial charge in [0.1, 0.15) is 0 Å². The minimum Gasteiger partial charge on any atom is -0.328 e. The van der Waals surface area contributed by atoms with Crippen LogP contribution in [-0.4, -0.2) is 23.9 Å². The average molecular weight is 236 g/mol. The van der Waals surface area contributed by atoms with Crippen LogP contribution in [0.25, 0.3) is 0 Å². The molecule has 0 aliphatic carbocycles. The Morgan fingerprint density at radius 2 is 2.31 bits per heavy atom. The fourth-order valence-corrected chi connectivity index (χ4v) is 1.57. The Hall–Kier alpha value is -1.46. The maximum atomic E-state index is 12.0. The number of nitrogens with zero attached hydrogens (tertiary/aromatic N) is 1. The third kappa shape index (κ3) is 3.01. The monoisotopic (exact) mass is 235 g/mol. The molecule has 0 heterocycles. The Kier molecular flexibility index (Phi) is 4.88. The summed E-state index contributed by atoms with van der Waals surface area (Å²) in [6.45, 7) is 2.84. The van der Waals surface area contributed by atoms with Crippen LogP contribution in [0.3, 0.4) is 0 Å². The second-order valence-corrected chi connectivity index (χ2v) is 3.62. The highest BCUT2D eigenvalue weighted by Gasteiger charge is 2.12. The van der Waals surface area contributed by atoms with Gasteiger partial charge in [0.15, 0.2) is 0 Å². The zero-order valence-electron chi connectivity index (χ0n) is 9.24. The van der Waals surface area contributed by atoms with E-state index >= 15 is 0 Å². The first kappa shape index (κ1) is 12.6. The molecule has 0 aliphatic rings. The molecule has 1 rings (SSSR count). The van der Waals surface area contributed by atoms with Crippen LogP contribution in [0.1, 0.15) is 22.8 Å². The van der Waals surface area contributed by atoms with Gasteiger partial charge in [0, 0.05) is 18.0 Å². The van der Waals surface area contributed by atoms with E-state index in [4.69, 9.17) is 18.0 Å². The van der Waals surface area contributed by atoms with Crippen molar-refractivity contribution in [2.24, 2.45) is 0 Å². The molecular weight excluding hydrogens is 222 g/mol. The topological polar surface area (TPSA) is 20.3 Å². The van der Waals surface area contributed by atoms with Crippen LogP contribution < -0.4 is 0 Å². The highest BCUT2D eigenvalue weighted by Crippen LogP contribution is 2.10. The van der Waals surface area contributed by atoms with Gasteiger partial charge in [0.05, 0.1) is 6.54 Å². The van der Waals surface area contributed by atoms with Crippen molar-refractivity contribution < 1.29 is 4.79 Å². The van der Waals surface area contributed by atoms with E-state index in [-0.39, 0.29) is 5.91 Å². The second-order valence-electron chi connectivity index (χ2n) is 3.36. The molecule has 0 N–H and O–H groups in total. The molecule has 0 saturated carbocycles. The van der Waals surface area contributed by atoms with Crippen LogP contribution in [0.5, 0.6) is 0 Å². The van der Waals surface area contributed by atoms with Gasteiger partial charge in [-0.25, -0.2) is 0 Å². The number of hydrogen-bond donors (Lipinski definition) is 0. The summed E-state index contributed by atoms with van der Waals surface area (Å²) in [5.41, 5.74) is 1.57. The molecule has 1 aromatic carbocycles. The van der Waals surface area contributed by atoms with E-state index in [2.05, 4.69) is 5.92 Å². The Morgan fingerprint density at radius 3 is 2.88 bits per heavy atom. The summed E-state index contributed by atoms with van der Waals surface area (Å²) in [6.07, 6.45) is 5.21. The van der Waals surface area contributed by atoms with E-state index in [1.807, 2.05) is 19.1 Å². The van der Waals surface area contributed by atoms with Gasteiger partial charge >= 0.3 is 0 Å². The number of terminal acetylenes is 1. The van der Waals surface area contributed by atoms with E-state index in [0.717, 1.165) is 5.56 Å². The highest BCUT2D eigenvalue weighted by atomic mass is 35.5. The van der Waals surface area contributed by atoms with Crippen LogP contribution in [0, 0.1) is 12.3 Å². The summed E-state index contributed by atoms with van der Waals surface area (Å²) in [5, 5.41) is 0.